The molecule has 108 valence electrons. The van der Waals surface area contributed by atoms with E-state index in [4.69, 9.17) is 0 Å². The highest BCUT2D eigenvalue weighted by Gasteiger charge is 2.20. The predicted octanol–water partition coefficient (Wildman–Crippen LogP) is 1.85. The van der Waals surface area contributed by atoms with Gasteiger partial charge in [-0.15, -0.1) is 0 Å². The van der Waals surface area contributed by atoms with Crippen LogP contribution in [0.25, 0.3) is 0 Å². The number of hydrogen-bond acceptors (Lipinski definition) is 3. The van der Waals surface area contributed by atoms with E-state index in [2.05, 4.69) is 10.3 Å². The number of piperidine rings is 1. The van der Waals surface area contributed by atoms with E-state index in [0.29, 0.717) is 17.8 Å². The molecule has 0 spiro atoms. The lowest BCUT2D eigenvalue weighted by molar-refractivity contribution is 0.0718. The molecule has 0 aliphatic carbocycles. The molecular weight excluding hydrogens is 254 g/mol. The highest BCUT2D eigenvalue weighted by molar-refractivity contribution is 5.98. The van der Waals surface area contributed by atoms with E-state index in [1.165, 1.54) is 12.6 Å². The molecule has 1 aliphatic heterocycles. The first kappa shape index (κ1) is 14.5. The summed E-state index contributed by atoms with van der Waals surface area (Å²) in [5.41, 5.74) is 0.852. The third-order valence-electron chi connectivity index (χ3n) is 3.42. The highest BCUT2D eigenvalue weighted by Crippen LogP contribution is 2.12. The van der Waals surface area contributed by atoms with Crippen molar-refractivity contribution in [2.45, 2.75) is 32.6 Å². The summed E-state index contributed by atoms with van der Waals surface area (Å²) >= 11 is 0. The number of amides is 2. The van der Waals surface area contributed by atoms with Crippen LogP contribution < -0.4 is 5.32 Å². The fourth-order valence-corrected chi connectivity index (χ4v) is 2.29. The third kappa shape index (κ3) is 3.56. The van der Waals surface area contributed by atoms with Gasteiger partial charge in [-0.05, 0) is 37.8 Å². The van der Waals surface area contributed by atoms with Crippen LogP contribution in [0.1, 0.15) is 53.5 Å². The van der Waals surface area contributed by atoms with Crippen molar-refractivity contribution >= 4 is 11.8 Å². The van der Waals surface area contributed by atoms with Crippen LogP contribution in [0.2, 0.25) is 0 Å². The molecule has 0 aromatic carbocycles. The number of nitrogens with zero attached hydrogens (tertiary/aromatic N) is 2. The third-order valence-corrected chi connectivity index (χ3v) is 3.42. The van der Waals surface area contributed by atoms with Gasteiger partial charge in [0.25, 0.3) is 11.8 Å². The molecule has 0 unspecified atom stereocenters. The lowest BCUT2D eigenvalue weighted by Crippen LogP contribution is -2.36. The highest BCUT2D eigenvalue weighted by atomic mass is 16.2. The summed E-state index contributed by atoms with van der Waals surface area (Å²) in [6, 6.07) is 3.22. The number of rotatable bonds is 4. The maximum absolute atomic E-state index is 12.3. The molecule has 1 saturated heterocycles. The molecule has 2 rings (SSSR count). The van der Waals surface area contributed by atoms with E-state index >= 15 is 0 Å². The fraction of sp³-hybridized carbons (Fsp3) is 0.533. The Morgan fingerprint density at radius 3 is 2.75 bits per heavy atom. The number of carbonyl (C=O) groups excluding carboxylic acids is 2. The fourth-order valence-electron chi connectivity index (χ4n) is 2.29. The SMILES string of the molecule is CCCNC(=O)c1ccnc(C(=O)N2CCCCC2)c1. The summed E-state index contributed by atoms with van der Waals surface area (Å²) in [7, 11) is 0. The molecule has 1 aromatic rings. The standard InChI is InChI=1S/C15H21N3O2/c1-2-7-17-14(19)12-6-8-16-13(11-12)15(20)18-9-4-3-5-10-18/h6,8,11H,2-5,7,9-10H2,1H3,(H,17,19). The Balaban J connectivity index is 2.08. The summed E-state index contributed by atoms with van der Waals surface area (Å²) in [5.74, 6) is -0.225. The number of pyridine rings is 1. The Hall–Kier alpha value is -1.91. The van der Waals surface area contributed by atoms with Crippen molar-refractivity contribution in [3.05, 3.63) is 29.6 Å². The van der Waals surface area contributed by atoms with E-state index in [0.717, 1.165) is 32.4 Å². The molecular formula is C15H21N3O2. The average molecular weight is 275 g/mol. The van der Waals surface area contributed by atoms with Crippen LogP contribution in [0.3, 0.4) is 0 Å². The van der Waals surface area contributed by atoms with Crippen molar-refractivity contribution in [1.82, 2.24) is 15.2 Å². The van der Waals surface area contributed by atoms with E-state index < -0.39 is 0 Å². The maximum Gasteiger partial charge on any atom is 0.272 e. The van der Waals surface area contributed by atoms with Crippen LogP contribution in [-0.4, -0.2) is 41.3 Å². The van der Waals surface area contributed by atoms with Gasteiger partial charge in [-0.2, -0.15) is 0 Å². The second-order valence-corrected chi connectivity index (χ2v) is 5.04. The lowest BCUT2D eigenvalue weighted by Gasteiger charge is -2.26. The molecule has 5 nitrogen and oxygen atoms in total. The van der Waals surface area contributed by atoms with Gasteiger partial charge in [-0.3, -0.25) is 14.6 Å². The zero-order valence-electron chi connectivity index (χ0n) is 11.9. The Morgan fingerprint density at radius 1 is 1.30 bits per heavy atom. The number of likely N-dealkylation sites (tertiary alicyclic amines) is 1. The summed E-state index contributed by atoms with van der Waals surface area (Å²) in [6.45, 7) is 4.20. The molecule has 5 heteroatoms. The quantitative estimate of drug-likeness (QED) is 0.912. The van der Waals surface area contributed by atoms with E-state index in [1.54, 1.807) is 12.1 Å². The zero-order valence-corrected chi connectivity index (χ0v) is 11.9. The predicted molar refractivity (Wildman–Crippen MR) is 76.6 cm³/mol. The molecule has 1 aromatic heterocycles. The van der Waals surface area contributed by atoms with Gasteiger partial charge in [0, 0.05) is 31.4 Å². The first-order chi connectivity index (χ1) is 9.72. The van der Waals surface area contributed by atoms with Crippen molar-refractivity contribution in [1.29, 1.82) is 0 Å². The summed E-state index contributed by atoms with van der Waals surface area (Å²) in [5, 5.41) is 2.80. The molecule has 0 bridgehead atoms. The monoisotopic (exact) mass is 275 g/mol. The van der Waals surface area contributed by atoms with Gasteiger partial charge in [-0.25, -0.2) is 0 Å². The summed E-state index contributed by atoms with van der Waals surface area (Å²) in [4.78, 5) is 30.1. The molecule has 2 amide bonds. The molecule has 0 atom stereocenters. The minimum absolute atomic E-state index is 0.0742. The molecule has 1 fully saturated rings. The zero-order chi connectivity index (χ0) is 14.4. The molecule has 1 aliphatic rings. The van der Waals surface area contributed by atoms with Gasteiger partial charge in [0.05, 0.1) is 0 Å². The van der Waals surface area contributed by atoms with Crippen LogP contribution in [0.5, 0.6) is 0 Å². The van der Waals surface area contributed by atoms with Crippen molar-refractivity contribution in [3.63, 3.8) is 0 Å². The smallest absolute Gasteiger partial charge is 0.272 e. The van der Waals surface area contributed by atoms with Gasteiger partial charge in [0.1, 0.15) is 5.69 Å². The molecule has 2 heterocycles. The van der Waals surface area contributed by atoms with E-state index in [9.17, 15) is 9.59 Å². The van der Waals surface area contributed by atoms with Crippen LogP contribution >= 0.6 is 0 Å². The Kier molecular flexibility index (Phi) is 5.09. The minimum Gasteiger partial charge on any atom is -0.352 e. The van der Waals surface area contributed by atoms with Crippen LogP contribution in [-0.2, 0) is 0 Å². The topological polar surface area (TPSA) is 62.3 Å². The van der Waals surface area contributed by atoms with Crippen molar-refractivity contribution in [3.8, 4) is 0 Å². The van der Waals surface area contributed by atoms with Gasteiger partial charge >= 0.3 is 0 Å². The Bertz CT molecular complexity index is 482. The van der Waals surface area contributed by atoms with Gasteiger partial charge < -0.3 is 10.2 Å². The second kappa shape index (κ2) is 7.03. The first-order valence-corrected chi connectivity index (χ1v) is 7.26. The largest absolute Gasteiger partial charge is 0.352 e. The number of aromatic nitrogens is 1. The Morgan fingerprint density at radius 2 is 2.05 bits per heavy atom. The van der Waals surface area contributed by atoms with Crippen molar-refractivity contribution < 1.29 is 9.59 Å². The van der Waals surface area contributed by atoms with Gasteiger partial charge in [-0.1, -0.05) is 6.92 Å². The Labute approximate surface area is 119 Å². The molecule has 1 N–H and O–H groups in total. The van der Waals surface area contributed by atoms with Crippen molar-refractivity contribution in [2.75, 3.05) is 19.6 Å². The van der Waals surface area contributed by atoms with E-state index in [-0.39, 0.29) is 11.8 Å². The second-order valence-electron chi connectivity index (χ2n) is 5.04. The number of hydrogen-bond donors (Lipinski definition) is 1. The molecule has 0 saturated carbocycles. The van der Waals surface area contributed by atoms with Crippen LogP contribution in [0.15, 0.2) is 18.3 Å². The molecule has 20 heavy (non-hydrogen) atoms. The van der Waals surface area contributed by atoms with Crippen LogP contribution in [0, 0.1) is 0 Å². The number of nitrogens with one attached hydrogen (secondary N) is 1. The molecule has 0 radical (unpaired) electrons. The number of carbonyl (C=O) groups is 2. The summed E-state index contributed by atoms with van der Waals surface area (Å²) in [6.07, 6.45) is 5.68. The average Bonchev–Trinajstić information content (AvgIpc) is 2.52. The normalized spacial score (nSPS) is 14.9. The lowest BCUT2D eigenvalue weighted by atomic mass is 10.1. The minimum atomic E-state index is -0.151. The first-order valence-electron chi connectivity index (χ1n) is 7.26. The van der Waals surface area contributed by atoms with E-state index in [1.807, 2.05) is 11.8 Å². The van der Waals surface area contributed by atoms with Crippen LogP contribution in [0.4, 0.5) is 0 Å². The summed E-state index contributed by atoms with van der Waals surface area (Å²) < 4.78 is 0. The van der Waals surface area contributed by atoms with Gasteiger partial charge in [0.15, 0.2) is 0 Å². The van der Waals surface area contributed by atoms with Gasteiger partial charge in [0.2, 0.25) is 0 Å². The maximum atomic E-state index is 12.3. The van der Waals surface area contributed by atoms with Crippen molar-refractivity contribution in [2.24, 2.45) is 0 Å².